The van der Waals surface area contributed by atoms with Crippen molar-refractivity contribution >= 4 is 11.6 Å². The van der Waals surface area contributed by atoms with Gasteiger partial charge in [-0.15, -0.1) is 0 Å². The van der Waals surface area contributed by atoms with E-state index in [1.165, 1.54) is 5.56 Å². The smallest absolute Gasteiger partial charge is 0.251 e. The number of carbonyl (C=O) groups excluding carboxylic acids is 1. The van der Waals surface area contributed by atoms with Gasteiger partial charge in [0.25, 0.3) is 5.91 Å². The zero-order chi connectivity index (χ0) is 13.9. The summed E-state index contributed by atoms with van der Waals surface area (Å²) in [6.45, 7) is 3.40. The number of amides is 1. The average molecular weight is 267 g/mol. The Labute approximate surface area is 118 Å². The first-order valence-corrected chi connectivity index (χ1v) is 6.79. The lowest BCUT2D eigenvalue weighted by Crippen LogP contribution is -2.22. The van der Waals surface area contributed by atoms with Crippen LogP contribution in [-0.2, 0) is 13.0 Å². The average Bonchev–Trinajstić information content (AvgIpc) is 2.93. The van der Waals surface area contributed by atoms with Crippen LogP contribution in [0, 0.1) is 6.92 Å². The molecule has 20 heavy (non-hydrogen) atoms. The van der Waals surface area contributed by atoms with Gasteiger partial charge in [-0.3, -0.25) is 9.78 Å². The minimum absolute atomic E-state index is 0.0414. The predicted molar refractivity (Wildman–Crippen MR) is 78.8 cm³/mol. The van der Waals surface area contributed by atoms with Gasteiger partial charge in [-0.1, -0.05) is 6.07 Å². The second kappa shape index (κ2) is 5.33. The molecular formula is C16H17N3O. The van der Waals surface area contributed by atoms with E-state index >= 15 is 0 Å². The third-order valence-electron chi connectivity index (χ3n) is 3.50. The highest BCUT2D eigenvalue weighted by molar-refractivity contribution is 5.95. The maximum Gasteiger partial charge on any atom is 0.251 e. The van der Waals surface area contributed by atoms with Crippen molar-refractivity contribution in [2.24, 2.45) is 0 Å². The van der Waals surface area contributed by atoms with E-state index in [-0.39, 0.29) is 5.91 Å². The number of fused-ring (bicyclic) bond motifs is 1. The summed E-state index contributed by atoms with van der Waals surface area (Å²) in [5.41, 5.74) is 5.06. The molecule has 0 bridgehead atoms. The molecule has 1 amide bonds. The van der Waals surface area contributed by atoms with Crippen LogP contribution in [0.15, 0.2) is 36.5 Å². The van der Waals surface area contributed by atoms with Crippen LogP contribution in [0.3, 0.4) is 0 Å². The molecule has 4 nitrogen and oxygen atoms in total. The van der Waals surface area contributed by atoms with Gasteiger partial charge in [0.15, 0.2) is 0 Å². The molecule has 2 N–H and O–H groups in total. The van der Waals surface area contributed by atoms with Crippen LogP contribution in [0.2, 0.25) is 0 Å². The van der Waals surface area contributed by atoms with Crippen molar-refractivity contribution in [2.45, 2.75) is 19.9 Å². The van der Waals surface area contributed by atoms with Crippen molar-refractivity contribution in [2.75, 3.05) is 11.9 Å². The van der Waals surface area contributed by atoms with Crippen molar-refractivity contribution in [1.29, 1.82) is 0 Å². The molecule has 2 aromatic rings. The standard InChI is InChI=1S/C16H17N3O/c1-11-2-3-12(9-18-11)10-19-16(20)14-4-5-15-13(8-14)6-7-17-15/h2-5,8-9,17H,6-7,10H2,1H3,(H,19,20). The largest absolute Gasteiger partial charge is 0.384 e. The molecule has 0 atom stereocenters. The normalized spacial score (nSPS) is 12.7. The first-order chi connectivity index (χ1) is 9.72. The molecule has 0 spiro atoms. The molecule has 1 aliphatic heterocycles. The lowest BCUT2D eigenvalue weighted by molar-refractivity contribution is 0.0951. The summed E-state index contributed by atoms with van der Waals surface area (Å²) in [5, 5.41) is 6.22. The molecule has 0 fully saturated rings. The number of hydrogen-bond donors (Lipinski definition) is 2. The summed E-state index contributed by atoms with van der Waals surface area (Å²) in [5.74, 6) is -0.0414. The van der Waals surface area contributed by atoms with E-state index in [9.17, 15) is 4.79 Å². The number of benzene rings is 1. The second-order valence-electron chi connectivity index (χ2n) is 5.04. The molecule has 4 heteroatoms. The monoisotopic (exact) mass is 267 g/mol. The van der Waals surface area contributed by atoms with Crippen LogP contribution < -0.4 is 10.6 Å². The minimum atomic E-state index is -0.0414. The number of aryl methyl sites for hydroxylation is 1. The maximum atomic E-state index is 12.1. The van der Waals surface area contributed by atoms with E-state index in [0.717, 1.165) is 29.9 Å². The second-order valence-corrected chi connectivity index (χ2v) is 5.04. The van der Waals surface area contributed by atoms with Gasteiger partial charge in [0, 0.05) is 36.2 Å². The van der Waals surface area contributed by atoms with Crippen molar-refractivity contribution in [3.05, 3.63) is 58.9 Å². The molecule has 0 aliphatic carbocycles. The van der Waals surface area contributed by atoms with E-state index < -0.39 is 0 Å². The summed E-state index contributed by atoms with van der Waals surface area (Å²) < 4.78 is 0. The Hall–Kier alpha value is -2.36. The highest BCUT2D eigenvalue weighted by Gasteiger charge is 2.13. The summed E-state index contributed by atoms with van der Waals surface area (Å²) in [4.78, 5) is 16.4. The van der Waals surface area contributed by atoms with Crippen LogP contribution in [0.25, 0.3) is 0 Å². The number of nitrogens with one attached hydrogen (secondary N) is 2. The predicted octanol–water partition coefficient (Wildman–Crippen LogP) is 2.29. The molecule has 0 radical (unpaired) electrons. The number of rotatable bonds is 3. The minimum Gasteiger partial charge on any atom is -0.384 e. The molecule has 0 saturated carbocycles. The number of anilines is 1. The van der Waals surface area contributed by atoms with Crippen molar-refractivity contribution in [3.8, 4) is 0 Å². The number of nitrogens with zero attached hydrogens (tertiary/aromatic N) is 1. The van der Waals surface area contributed by atoms with Gasteiger partial charge in [-0.25, -0.2) is 0 Å². The van der Waals surface area contributed by atoms with Gasteiger partial charge < -0.3 is 10.6 Å². The van der Waals surface area contributed by atoms with Gasteiger partial charge in [-0.2, -0.15) is 0 Å². The number of pyridine rings is 1. The van der Waals surface area contributed by atoms with Crippen molar-refractivity contribution in [3.63, 3.8) is 0 Å². The molecule has 1 aliphatic rings. The van der Waals surface area contributed by atoms with Gasteiger partial charge in [-0.05, 0) is 48.7 Å². The lowest BCUT2D eigenvalue weighted by atomic mass is 10.1. The van der Waals surface area contributed by atoms with Crippen LogP contribution in [0.4, 0.5) is 5.69 Å². The van der Waals surface area contributed by atoms with E-state index in [1.807, 2.05) is 37.3 Å². The number of hydrogen-bond acceptors (Lipinski definition) is 3. The fourth-order valence-electron chi connectivity index (χ4n) is 2.33. The zero-order valence-corrected chi connectivity index (χ0v) is 11.4. The topological polar surface area (TPSA) is 54.0 Å². The van der Waals surface area contributed by atoms with E-state index in [2.05, 4.69) is 15.6 Å². The van der Waals surface area contributed by atoms with Crippen LogP contribution in [0.1, 0.15) is 27.2 Å². The Morgan fingerprint density at radius 2 is 2.25 bits per heavy atom. The molecule has 1 aromatic heterocycles. The van der Waals surface area contributed by atoms with Gasteiger partial charge >= 0.3 is 0 Å². The lowest BCUT2D eigenvalue weighted by Gasteiger charge is -2.07. The summed E-state index contributed by atoms with van der Waals surface area (Å²) >= 11 is 0. The SMILES string of the molecule is Cc1ccc(CNC(=O)c2ccc3c(c2)CCN3)cn1. The quantitative estimate of drug-likeness (QED) is 0.897. The number of aromatic nitrogens is 1. The Balaban J connectivity index is 1.66. The highest BCUT2D eigenvalue weighted by Crippen LogP contribution is 2.22. The molecule has 1 aromatic carbocycles. The Bertz CT molecular complexity index is 635. The summed E-state index contributed by atoms with van der Waals surface area (Å²) in [6.07, 6.45) is 2.78. The Morgan fingerprint density at radius 1 is 1.35 bits per heavy atom. The molecular weight excluding hydrogens is 250 g/mol. The molecule has 2 heterocycles. The summed E-state index contributed by atoms with van der Waals surface area (Å²) in [7, 11) is 0. The van der Waals surface area contributed by atoms with E-state index in [0.29, 0.717) is 12.1 Å². The first kappa shape index (κ1) is 12.7. The zero-order valence-electron chi connectivity index (χ0n) is 11.4. The van der Waals surface area contributed by atoms with E-state index in [1.54, 1.807) is 6.20 Å². The van der Waals surface area contributed by atoms with Gasteiger partial charge in [0.1, 0.15) is 0 Å². The Morgan fingerprint density at radius 3 is 3.05 bits per heavy atom. The van der Waals surface area contributed by atoms with Crippen LogP contribution >= 0.6 is 0 Å². The van der Waals surface area contributed by atoms with Gasteiger partial charge in [0.05, 0.1) is 0 Å². The van der Waals surface area contributed by atoms with E-state index in [4.69, 9.17) is 0 Å². The first-order valence-electron chi connectivity index (χ1n) is 6.79. The van der Waals surface area contributed by atoms with Gasteiger partial charge in [0.2, 0.25) is 0 Å². The molecule has 0 saturated heterocycles. The van der Waals surface area contributed by atoms with Crippen LogP contribution in [-0.4, -0.2) is 17.4 Å². The molecule has 3 rings (SSSR count). The molecule has 102 valence electrons. The number of carbonyl (C=O) groups is 1. The molecule has 0 unspecified atom stereocenters. The van der Waals surface area contributed by atoms with Crippen LogP contribution in [0.5, 0.6) is 0 Å². The third-order valence-corrected chi connectivity index (χ3v) is 3.50. The fourth-order valence-corrected chi connectivity index (χ4v) is 2.33. The maximum absolute atomic E-state index is 12.1. The highest BCUT2D eigenvalue weighted by atomic mass is 16.1. The third kappa shape index (κ3) is 2.64. The van der Waals surface area contributed by atoms with Crippen molar-refractivity contribution < 1.29 is 4.79 Å². The van der Waals surface area contributed by atoms with Crippen molar-refractivity contribution in [1.82, 2.24) is 10.3 Å². The fraction of sp³-hybridized carbons (Fsp3) is 0.250. The summed E-state index contributed by atoms with van der Waals surface area (Å²) in [6, 6.07) is 9.74. The Kier molecular flexibility index (Phi) is 3.37.